The van der Waals surface area contributed by atoms with E-state index in [0.29, 0.717) is 31.2 Å². The Bertz CT molecular complexity index is 1190. The lowest BCUT2D eigenvalue weighted by molar-refractivity contribution is -0.142. The fourth-order valence-electron chi connectivity index (χ4n) is 4.51. The molecule has 0 saturated carbocycles. The zero-order valence-corrected chi connectivity index (χ0v) is 22.3. The van der Waals surface area contributed by atoms with Gasteiger partial charge in [-0.2, -0.15) is 0 Å². The lowest BCUT2D eigenvalue weighted by Crippen LogP contribution is -2.46. The Balaban J connectivity index is 1.36. The summed E-state index contributed by atoms with van der Waals surface area (Å²) in [5.74, 6) is 0.624. The zero-order valence-electron chi connectivity index (χ0n) is 21.5. The van der Waals surface area contributed by atoms with Crippen LogP contribution in [0.25, 0.3) is 11.3 Å². The van der Waals surface area contributed by atoms with E-state index < -0.39 is 0 Å². The fraction of sp³-hybridized carbons (Fsp3) is 0.379. The van der Waals surface area contributed by atoms with Crippen molar-refractivity contribution in [3.8, 4) is 11.3 Å². The standard InChI is InChI=1S/C29H34ClN5O2/c1-22(2)29(37)35(18-15-23-9-4-3-5-10-23)21-28(36)34-17-8-16-33(19-20-34)27-14-13-26(31-32-27)24-11-6-7-12-25(24)30/h3-7,9-14,22H,8,15-21H2,1-2H3. The van der Waals surface area contributed by atoms with Gasteiger partial charge in [-0.1, -0.05) is 74.0 Å². The maximum absolute atomic E-state index is 13.2. The largest absolute Gasteiger partial charge is 0.353 e. The number of amides is 2. The third-order valence-corrected chi connectivity index (χ3v) is 6.95. The first-order valence-electron chi connectivity index (χ1n) is 12.9. The number of aromatic nitrogens is 2. The summed E-state index contributed by atoms with van der Waals surface area (Å²) in [6, 6.07) is 21.5. The highest BCUT2D eigenvalue weighted by Gasteiger charge is 2.25. The number of nitrogens with zero attached hydrogens (tertiary/aromatic N) is 5. The van der Waals surface area contributed by atoms with Gasteiger partial charge >= 0.3 is 0 Å². The topological polar surface area (TPSA) is 69.6 Å². The van der Waals surface area contributed by atoms with Gasteiger partial charge in [-0.25, -0.2) is 0 Å². The van der Waals surface area contributed by atoms with Crippen molar-refractivity contribution in [2.45, 2.75) is 26.7 Å². The lowest BCUT2D eigenvalue weighted by Gasteiger charge is -2.28. The van der Waals surface area contributed by atoms with Gasteiger partial charge in [0.1, 0.15) is 0 Å². The van der Waals surface area contributed by atoms with Crippen molar-refractivity contribution < 1.29 is 9.59 Å². The highest BCUT2D eigenvalue weighted by molar-refractivity contribution is 6.33. The van der Waals surface area contributed by atoms with Gasteiger partial charge in [-0.3, -0.25) is 9.59 Å². The van der Waals surface area contributed by atoms with E-state index in [2.05, 4.69) is 15.1 Å². The number of hydrogen-bond donors (Lipinski definition) is 0. The second-order valence-electron chi connectivity index (χ2n) is 9.63. The second-order valence-corrected chi connectivity index (χ2v) is 10.0. The predicted octanol–water partition coefficient (Wildman–Crippen LogP) is 4.56. The van der Waals surface area contributed by atoms with Crippen LogP contribution in [-0.2, 0) is 16.0 Å². The quantitative estimate of drug-likeness (QED) is 0.436. The molecule has 37 heavy (non-hydrogen) atoms. The average Bonchev–Trinajstić information content (AvgIpc) is 3.18. The average molecular weight is 520 g/mol. The summed E-state index contributed by atoms with van der Waals surface area (Å²) >= 11 is 6.30. The molecule has 1 fully saturated rings. The fourth-order valence-corrected chi connectivity index (χ4v) is 4.74. The maximum atomic E-state index is 13.2. The Kier molecular flexibility index (Phi) is 9.12. The van der Waals surface area contributed by atoms with Crippen LogP contribution < -0.4 is 4.90 Å². The van der Waals surface area contributed by atoms with Gasteiger partial charge in [0, 0.05) is 44.2 Å². The molecule has 2 heterocycles. The van der Waals surface area contributed by atoms with E-state index in [1.165, 1.54) is 0 Å². The van der Waals surface area contributed by atoms with Gasteiger partial charge in [-0.15, -0.1) is 10.2 Å². The molecule has 2 amide bonds. The summed E-state index contributed by atoms with van der Waals surface area (Å²) in [5.41, 5.74) is 2.73. The first kappa shape index (κ1) is 26.6. The Morgan fingerprint density at radius 1 is 0.919 bits per heavy atom. The van der Waals surface area contributed by atoms with Crippen LogP contribution in [0.4, 0.5) is 5.82 Å². The molecule has 0 radical (unpaired) electrons. The van der Waals surface area contributed by atoms with Crippen molar-refractivity contribution in [3.05, 3.63) is 77.3 Å². The highest BCUT2D eigenvalue weighted by Crippen LogP contribution is 2.26. The molecule has 4 rings (SSSR count). The van der Waals surface area contributed by atoms with E-state index in [9.17, 15) is 9.59 Å². The summed E-state index contributed by atoms with van der Waals surface area (Å²) in [7, 11) is 0. The van der Waals surface area contributed by atoms with Crippen LogP contribution in [0.15, 0.2) is 66.7 Å². The molecule has 0 bridgehead atoms. The molecular weight excluding hydrogens is 486 g/mol. The van der Waals surface area contributed by atoms with Crippen LogP contribution >= 0.6 is 11.6 Å². The Hall–Kier alpha value is -3.45. The molecule has 1 saturated heterocycles. The molecule has 1 aliphatic heterocycles. The van der Waals surface area contributed by atoms with E-state index in [1.54, 1.807) is 4.90 Å². The molecule has 0 aliphatic carbocycles. The van der Waals surface area contributed by atoms with E-state index in [1.807, 2.05) is 85.5 Å². The van der Waals surface area contributed by atoms with Gasteiger partial charge in [0.25, 0.3) is 0 Å². The van der Waals surface area contributed by atoms with Gasteiger partial charge in [0.2, 0.25) is 11.8 Å². The molecular formula is C29H34ClN5O2. The van der Waals surface area contributed by atoms with Crippen LogP contribution in [0.2, 0.25) is 5.02 Å². The predicted molar refractivity (Wildman–Crippen MR) is 147 cm³/mol. The number of carbonyl (C=O) groups is 2. The molecule has 7 nitrogen and oxygen atoms in total. The SMILES string of the molecule is CC(C)C(=O)N(CCc1ccccc1)CC(=O)N1CCCN(c2ccc(-c3ccccc3Cl)nn2)CC1. The molecule has 2 aromatic carbocycles. The molecule has 0 spiro atoms. The van der Waals surface area contributed by atoms with Crippen molar-refractivity contribution in [2.75, 3.05) is 44.2 Å². The number of hydrogen-bond acceptors (Lipinski definition) is 5. The zero-order chi connectivity index (χ0) is 26.2. The second kappa shape index (κ2) is 12.7. The molecule has 0 unspecified atom stereocenters. The van der Waals surface area contributed by atoms with Crippen molar-refractivity contribution in [1.82, 2.24) is 20.0 Å². The van der Waals surface area contributed by atoms with E-state index in [4.69, 9.17) is 11.6 Å². The monoisotopic (exact) mass is 519 g/mol. The highest BCUT2D eigenvalue weighted by atomic mass is 35.5. The summed E-state index contributed by atoms with van der Waals surface area (Å²) in [4.78, 5) is 31.8. The first-order valence-corrected chi connectivity index (χ1v) is 13.2. The number of anilines is 1. The van der Waals surface area contributed by atoms with Crippen LogP contribution in [0.3, 0.4) is 0 Å². The summed E-state index contributed by atoms with van der Waals surface area (Å²) in [6.07, 6.45) is 1.55. The van der Waals surface area contributed by atoms with E-state index in [0.717, 1.165) is 42.0 Å². The van der Waals surface area contributed by atoms with Crippen molar-refractivity contribution in [1.29, 1.82) is 0 Å². The lowest BCUT2D eigenvalue weighted by atomic mass is 10.1. The van der Waals surface area contributed by atoms with Gasteiger partial charge in [0.15, 0.2) is 5.82 Å². The Morgan fingerprint density at radius 3 is 2.38 bits per heavy atom. The molecule has 0 atom stereocenters. The van der Waals surface area contributed by atoms with E-state index in [-0.39, 0.29) is 24.3 Å². The van der Waals surface area contributed by atoms with Crippen LogP contribution in [0.1, 0.15) is 25.8 Å². The summed E-state index contributed by atoms with van der Waals surface area (Å²) in [5, 5.41) is 9.47. The van der Waals surface area contributed by atoms with Crippen LogP contribution in [0.5, 0.6) is 0 Å². The van der Waals surface area contributed by atoms with Crippen molar-refractivity contribution in [2.24, 2.45) is 5.92 Å². The molecule has 1 aliphatic rings. The Morgan fingerprint density at radius 2 is 1.68 bits per heavy atom. The van der Waals surface area contributed by atoms with Crippen LogP contribution in [-0.4, -0.2) is 71.1 Å². The summed E-state index contributed by atoms with van der Waals surface area (Å²) < 4.78 is 0. The minimum absolute atomic E-state index is 0.00890. The minimum atomic E-state index is -0.157. The van der Waals surface area contributed by atoms with Crippen molar-refractivity contribution in [3.63, 3.8) is 0 Å². The minimum Gasteiger partial charge on any atom is -0.353 e. The number of rotatable bonds is 8. The molecule has 3 aromatic rings. The normalized spacial score (nSPS) is 13.9. The Labute approximate surface area is 224 Å². The maximum Gasteiger partial charge on any atom is 0.242 e. The van der Waals surface area contributed by atoms with E-state index >= 15 is 0 Å². The molecule has 194 valence electrons. The van der Waals surface area contributed by atoms with Crippen molar-refractivity contribution >= 4 is 29.2 Å². The van der Waals surface area contributed by atoms with Gasteiger partial charge in [-0.05, 0) is 36.6 Å². The third-order valence-electron chi connectivity index (χ3n) is 6.62. The number of halogens is 1. The number of carbonyl (C=O) groups excluding carboxylic acids is 2. The molecule has 1 aromatic heterocycles. The summed E-state index contributed by atoms with van der Waals surface area (Å²) in [6.45, 7) is 7.07. The molecule has 8 heteroatoms. The smallest absolute Gasteiger partial charge is 0.242 e. The van der Waals surface area contributed by atoms with Gasteiger partial charge in [0.05, 0.1) is 17.3 Å². The van der Waals surface area contributed by atoms with Crippen LogP contribution in [0, 0.1) is 5.92 Å². The molecule has 0 N–H and O–H groups in total. The first-order chi connectivity index (χ1) is 17.9. The number of benzene rings is 2. The third kappa shape index (κ3) is 7.07. The van der Waals surface area contributed by atoms with Gasteiger partial charge < -0.3 is 14.7 Å².